The highest BCUT2D eigenvalue weighted by Gasteiger charge is 2.10. The van der Waals surface area contributed by atoms with Crippen molar-refractivity contribution in [2.24, 2.45) is 0 Å². The summed E-state index contributed by atoms with van der Waals surface area (Å²) in [6.07, 6.45) is 0. The number of aryl methyl sites for hydroxylation is 1. The van der Waals surface area contributed by atoms with Gasteiger partial charge in [0, 0.05) is 0 Å². The number of carboxylic acids is 1. The normalized spacial score (nSPS) is 10.0. The van der Waals surface area contributed by atoms with E-state index >= 15 is 0 Å². The maximum absolute atomic E-state index is 10.7. The number of carboxylic acid groups (broad SMARTS) is 1. The van der Waals surface area contributed by atoms with Gasteiger partial charge in [-0.3, -0.25) is 4.40 Å². The molecule has 80 valence electrons. The van der Waals surface area contributed by atoms with Crippen LogP contribution in [0.2, 0.25) is 5.15 Å². The molecule has 15 heavy (non-hydrogen) atoms. The van der Waals surface area contributed by atoms with Crippen molar-refractivity contribution >= 4 is 23.2 Å². The van der Waals surface area contributed by atoms with Crippen molar-refractivity contribution in [1.82, 2.24) is 14.6 Å². The van der Waals surface area contributed by atoms with Crippen LogP contribution in [0.1, 0.15) is 16.2 Å². The van der Waals surface area contributed by atoms with Crippen molar-refractivity contribution < 1.29 is 15.4 Å². The van der Waals surface area contributed by atoms with E-state index in [0.29, 0.717) is 16.6 Å². The predicted octanol–water partition coefficient (Wildman–Crippen LogP) is 0.565. The first kappa shape index (κ1) is 11.4. The Kier molecular flexibility index (Phi) is 2.92. The number of hydrogen-bond donors (Lipinski definition) is 1. The van der Waals surface area contributed by atoms with Gasteiger partial charge in [0.25, 0.3) is 0 Å². The number of carbonyl (C=O) groups is 1. The molecule has 0 amide bonds. The molecule has 0 aliphatic heterocycles. The van der Waals surface area contributed by atoms with Crippen LogP contribution < -0.4 is 0 Å². The van der Waals surface area contributed by atoms with Crippen LogP contribution in [0.15, 0.2) is 12.1 Å². The largest absolute Gasteiger partial charge is 0.478 e. The van der Waals surface area contributed by atoms with Gasteiger partial charge in [0.05, 0.1) is 5.56 Å². The molecule has 0 saturated carbocycles. The SMILES string of the molecule is Cc1nnc2cc(C(=O)O)cc(Cl)n12.O. The minimum atomic E-state index is -1.03. The zero-order valence-electron chi connectivity index (χ0n) is 7.73. The second-order valence-electron chi connectivity index (χ2n) is 2.81. The predicted molar refractivity (Wildman–Crippen MR) is 53.3 cm³/mol. The Morgan fingerprint density at radius 3 is 2.73 bits per heavy atom. The van der Waals surface area contributed by atoms with E-state index in [1.165, 1.54) is 12.1 Å². The smallest absolute Gasteiger partial charge is 0.335 e. The molecule has 0 aliphatic rings. The summed E-state index contributed by atoms with van der Waals surface area (Å²) in [5, 5.41) is 16.6. The lowest BCUT2D eigenvalue weighted by molar-refractivity contribution is 0.0697. The molecular weight excluding hydrogens is 222 g/mol. The van der Waals surface area contributed by atoms with Gasteiger partial charge >= 0.3 is 5.97 Å². The molecule has 0 fully saturated rings. The third-order valence-electron chi connectivity index (χ3n) is 1.87. The van der Waals surface area contributed by atoms with E-state index in [2.05, 4.69) is 10.2 Å². The Labute approximate surface area is 89.4 Å². The molecule has 3 N–H and O–H groups in total. The molecule has 0 unspecified atom stereocenters. The Morgan fingerprint density at radius 1 is 1.47 bits per heavy atom. The highest BCUT2D eigenvalue weighted by molar-refractivity contribution is 6.30. The molecule has 2 aromatic heterocycles. The van der Waals surface area contributed by atoms with Crippen LogP contribution in [0, 0.1) is 6.92 Å². The van der Waals surface area contributed by atoms with E-state index in [-0.39, 0.29) is 11.0 Å². The summed E-state index contributed by atoms with van der Waals surface area (Å²) >= 11 is 5.87. The topological polar surface area (TPSA) is 99.0 Å². The lowest BCUT2D eigenvalue weighted by Crippen LogP contribution is -1.99. The minimum absolute atomic E-state index is 0. The first-order chi connectivity index (χ1) is 6.59. The van der Waals surface area contributed by atoms with Gasteiger partial charge in [0.1, 0.15) is 11.0 Å². The van der Waals surface area contributed by atoms with Crippen LogP contribution in [-0.4, -0.2) is 31.2 Å². The number of pyridine rings is 1. The van der Waals surface area contributed by atoms with Crippen molar-refractivity contribution in [3.63, 3.8) is 0 Å². The van der Waals surface area contributed by atoms with E-state index in [9.17, 15) is 4.79 Å². The molecule has 0 aromatic carbocycles. The second-order valence-corrected chi connectivity index (χ2v) is 3.20. The number of halogens is 1. The number of aromatic carboxylic acids is 1. The zero-order chi connectivity index (χ0) is 10.3. The Hall–Kier alpha value is -1.66. The summed E-state index contributed by atoms with van der Waals surface area (Å²) in [5.74, 6) is -0.406. The number of fused-ring (bicyclic) bond motifs is 1. The van der Waals surface area contributed by atoms with Gasteiger partial charge in [0.15, 0.2) is 5.65 Å². The van der Waals surface area contributed by atoms with Crippen molar-refractivity contribution in [3.05, 3.63) is 28.7 Å². The van der Waals surface area contributed by atoms with Gasteiger partial charge in [-0.05, 0) is 19.1 Å². The Morgan fingerprint density at radius 2 is 2.13 bits per heavy atom. The zero-order valence-corrected chi connectivity index (χ0v) is 8.49. The number of nitrogens with zero attached hydrogens (tertiary/aromatic N) is 3. The third kappa shape index (κ3) is 1.77. The maximum atomic E-state index is 10.7. The first-order valence-corrected chi connectivity index (χ1v) is 4.22. The van der Waals surface area contributed by atoms with Gasteiger partial charge in [-0.2, -0.15) is 0 Å². The number of hydrogen-bond acceptors (Lipinski definition) is 3. The summed E-state index contributed by atoms with van der Waals surface area (Å²) < 4.78 is 1.58. The molecule has 2 rings (SSSR count). The fourth-order valence-corrected chi connectivity index (χ4v) is 1.56. The summed E-state index contributed by atoms with van der Waals surface area (Å²) in [7, 11) is 0. The van der Waals surface area contributed by atoms with Crippen molar-refractivity contribution in [2.45, 2.75) is 6.92 Å². The molecule has 2 heterocycles. The summed E-state index contributed by atoms with van der Waals surface area (Å²) in [6, 6.07) is 2.79. The number of rotatable bonds is 1. The van der Waals surface area contributed by atoms with Crippen LogP contribution in [0.4, 0.5) is 0 Å². The standard InChI is InChI=1S/C8H6ClN3O2.H2O/c1-4-10-11-7-3-5(8(13)14)2-6(9)12(4)7;/h2-3H,1H3,(H,13,14);1H2. The monoisotopic (exact) mass is 229 g/mol. The summed E-state index contributed by atoms with van der Waals surface area (Å²) in [4.78, 5) is 10.7. The molecule has 0 aliphatic carbocycles. The van der Waals surface area contributed by atoms with Crippen molar-refractivity contribution in [1.29, 1.82) is 0 Å². The molecule has 0 radical (unpaired) electrons. The first-order valence-electron chi connectivity index (χ1n) is 3.84. The van der Waals surface area contributed by atoms with E-state index in [0.717, 1.165) is 0 Å². The molecule has 0 atom stereocenters. The molecule has 0 spiro atoms. The van der Waals surface area contributed by atoms with Crippen molar-refractivity contribution in [2.75, 3.05) is 0 Å². The van der Waals surface area contributed by atoms with E-state index in [1.54, 1.807) is 11.3 Å². The molecule has 2 aromatic rings. The van der Waals surface area contributed by atoms with E-state index < -0.39 is 5.97 Å². The summed E-state index contributed by atoms with van der Waals surface area (Å²) in [5.41, 5.74) is 0.544. The van der Waals surface area contributed by atoms with E-state index in [1.807, 2.05) is 0 Å². The van der Waals surface area contributed by atoms with Crippen LogP contribution in [0.3, 0.4) is 0 Å². The van der Waals surface area contributed by atoms with Gasteiger partial charge in [0.2, 0.25) is 0 Å². The average molecular weight is 230 g/mol. The van der Waals surface area contributed by atoms with Gasteiger partial charge in [-0.1, -0.05) is 11.6 Å². The molecule has 7 heteroatoms. The lowest BCUT2D eigenvalue weighted by Gasteiger charge is -2.00. The summed E-state index contributed by atoms with van der Waals surface area (Å²) in [6.45, 7) is 1.74. The van der Waals surface area contributed by atoms with Crippen LogP contribution >= 0.6 is 11.6 Å². The fourth-order valence-electron chi connectivity index (χ4n) is 1.23. The second kappa shape index (κ2) is 3.84. The van der Waals surface area contributed by atoms with Crippen LogP contribution in [0.25, 0.3) is 5.65 Å². The van der Waals surface area contributed by atoms with Crippen LogP contribution in [-0.2, 0) is 0 Å². The van der Waals surface area contributed by atoms with Gasteiger partial charge in [-0.25, -0.2) is 4.79 Å². The van der Waals surface area contributed by atoms with E-state index in [4.69, 9.17) is 16.7 Å². The Balaban J connectivity index is 0.00000112. The third-order valence-corrected chi connectivity index (χ3v) is 2.15. The fraction of sp³-hybridized carbons (Fsp3) is 0.125. The number of aromatic nitrogens is 3. The molecule has 0 bridgehead atoms. The maximum Gasteiger partial charge on any atom is 0.335 e. The van der Waals surface area contributed by atoms with Crippen LogP contribution in [0.5, 0.6) is 0 Å². The van der Waals surface area contributed by atoms with Gasteiger partial charge in [-0.15, -0.1) is 10.2 Å². The Bertz CT molecular complexity index is 523. The average Bonchev–Trinajstić information content (AvgIpc) is 2.48. The molecule has 0 saturated heterocycles. The molecule has 6 nitrogen and oxygen atoms in total. The highest BCUT2D eigenvalue weighted by Crippen LogP contribution is 2.16. The lowest BCUT2D eigenvalue weighted by atomic mass is 10.3. The minimum Gasteiger partial charge on any atom is -0.478 e. The quantitative estimate of drug-likeness (QED) is 0.723. The molecular formula is C8H8ClN3O3. The highest BCUT2D eigenvalue weighted by atomic mass is 35.5. The van der Waals surface area contributed by atoms with Crippen molar-refractivity contribution in [3.8, 4) is 0 Å². The van der Waals surface area contributed by atoms with Gasteiger partial charge < -0.3 is 10.6 Å².